The third-order valence-corrected chi connectivity index (χ3v) is 5.80. The molecule has 2 heteroatoms. The third kappa shape index (κ3) is 2.00. The lowest BCUT2D eigenvalue weighted by Gasteiger charge is -2.25. The first-order valence-corrected chi connectivity index (χ1v) is 8.98. The molecule has 22 heavy (non-hydrogen) atoms. The highest BCUT2D eigenvalue weighted by Crippen LogP contribution is 2.38. The molecule has 0 aliphatic heterocycles. The molecule has 2 aromatic carbocycles. The van der Waals surface area contributed by atoms with E-state index in [1.54, 1.807) is 0 Å². The van der Waals surface area contributed by atoms with Gasteiger partial charge in [-0.1, -0.05) is 47.1 Å². The number of rotatable bonds is 1. The Bertz CT molecular complexity index is 908. The van der Waals surface area contributed by atoms with E-state index in [2.05, 4.69) is 53.2 Å². The van der Waals surface area contributed by atoms with Crippen molar-refractivity contribution in [2.75, 3.05) is 0 Å². The van der Waals surface area contributed by atoms with Gasteiger partial charge in [0.05, 0.1) is 0 Å². The molecule has 0 amide bonds. The van der Waals surface area contributed by atoms with Crippen LogP contribution in [0.4, 0.5) is 0 Å². The molecule has 2 aliphatic rings. The maximum absolute atomic E-state index is 12.6. The summed E-state index contributed by atoms with van der Waals surface area (Å²) in [6.07, 6.45) is 9.60. The quantitative estimate of drug-likeness (QED) is 0.740. The second-order valence-electron chi connectivity index (χ2n) is 6.37. The topological polar surface area (TPSA) is 17.1 Å². The van der Waals surface area contributed by atoms with E-state index in [1.165, 1.54) is 21.4 Å². The molecule has 0 saturated heterocycles. The number of Topliss-reactive ketones (excluding diaryl/α,β-unsaturated/α-hetero) is 1. The maximum atomic E-state index is 12.6. The zero-order valence-electron chi connectivity index (χ0n) is 12.8. The predicted molar refractivity (Wildman–Crippen MR) is 95.7 cm³/mol. The van der Waals surface area contributed by atoms with E-state index >= 15 is 0 Å². The molecule has 112 valence electrons. The van der Waals surface area contributed by atoms with E-state index in [4.69, 9.17) is 0 Å². The zero-order valence-corrected chi connectivity index (χ0v) is 14.4. The number of fused-ring (bicyclic) bond motifs is 5. The van der Waals surface area contributed by atoms with E-state index in [9.17, 15) is 4.79 Å². The molecule has 0 radical (unpaired) electrons. The van der Waals surface area contributed by atoms with Crippen molar-refractivity contribution in [1.29, 1.82) is 0 Å². The van der Waals surface area contributed by atoms with Crippen LogP contribution in [0.1, 0.15) is 60.9 Å². The molecule has 1 nitrogen and oxygen atoms in total. The minimum atomic E-state index is 0.311. The van der Waals surface area contributed by atoms with Crippen molar-refractivity contribution >= 4 is 44.6 Å². The first kappa shape index (κ1) is 14.2. The lowest BCUT2D eigenvalue weighted by molar-refractivity contribution is 0.0968. The SMILES string of the molecule is CCC1CCC(=O)c2c1ccc1c3c(cc(Br)c21)=CCCC=3. The molecule has 0 bridgehead atoms. The molecule has 2 aromatic rings. The van der Waals surface area contributed by atoms with Crippen molar-refractivity contribution in [2.45, 2.75) is 44.9 Å². The van der Waals surface area contributed by atoms with Gasteiger partial charge in [0, 0.05) is 21.8 Å². The molecule has 0 saturated carbocycles. The van der Waals surface area contributed by atoms with Crippen LogP contribution in [-0.4, -0.2) is 5.78 Å². The zero-order chi connectivity index (χ0) is 15.3. The fourth-order valence-electron chi connectivity index (χ4n) is 4.05. The number of hydrogen-bond donors (Lipinski definition) is 0. The Labute approximate surface area is 138 Å². The lowest BCUT2D eigenvalue weighted by Crippen LogP contribution is -2.28. The van der Waals surface area contributed by atoms with Gasteiger partial charge in [0.15, 0.2) is 5.78 Å². The van der Waals surface area contributed by atoms with Crippen LogP contribution in [0.2, 0.25) is 0 Å². The van der Waals surface area contributed by atoms with Crippen LogP contribution in [0.3, 0.4) is 0 Å². The molecule has 1 atom stereocenters. The van der Waals surface area contributed by atoms with Crippen LogP contribution < -0.4 is 10.4 Å². The van der Waals surface area contributed by atoms with Gasteiger partial charge >= 0.3 is 0 Å². The van der Waals surface area contributed by atoms with Crippen molar-refractivity contribution in [3.8, 4) is 0 Å². The van der Waals surface area contributed by atoms with E-state index in [-0.39, 0.29) is 0 Å². The average Bonchev–Trinajstić information content (AvgIpc) is 2.55. The highest BCUT2D eigenvalue weighted by atomic mass is 79.9. The lowest BCUT2D eigenvalue weighted by atomic mass is 9.78. The Morgan fingerprint density at radius 3 is 2.86 bits per heavy atom. The van der Waals surface area contributed by atoms with E-state index < -0.39 is 0 Å². The first-order chi connectivity index (χ1) is 10.7. The number of benzene rings is 2. The van der Waals surface area contributed by atoms with Gasteiger partial charge in [0.25, 0.3) is 0 Å². The Hall–Kier alpha value is -1.41. The number of carbonyl (C=O) groups is 1. The smallest absolute Gasteiger partial charge is 0.163 e. The van der Waals surface area contributed by atoms with Gasteiger partial charge in [-0.25, -0.2) is 0 Å². The fraction of sp³-hybridized carbons (Fsp3) is 0.350. The summed E-state index contributed by atoms with van der Waals surface area (Å²) < 4.78 is 1.06. The van der Waals surface area contributed by atoms with E-state index in [0.29, 0.717) is 18.1 Å². The molecule has 0 aromatic heterocycles. The summed E-state index contributed by atoms with van der Waals surface area (Å²) in [4.78, 5) is 12.6. The van der Waals surface area contributed by atoms with Gasteiger partial charge in [-0.2, -0.15) is 0 Å². The standard InChI is InChI=1S/C20H19BrO/c1-2-12-7-10-18(22)20-15(12)8-9-16-14-6-4-3-5-13(14)11-17(21)19(16)20/h5-6,8-9,11-12H,2-4,7,10H2,1H3. The third-order valence-electron chi connectivity index (χ3n) is 5.17. The number of ketones is 1. The number of carbonyl (C=O) groups excluding carboxylic acids is 1. The normalized spacial score (nSPS) is 20.1. The van der Waals surface area contributed by atoms with Crippen molar-refractivity contribution in [3.63, 3.8) is 0 Å². The minimum absolute atomic E-state index is 0.311. The van der Waals surface area contributed by atoms with Gasteiger partial charge in [-0.15, -0.1) is 0 Å². The average molecular weight is 355 g/mol. The molecule has 0 spiro atoms. The van der Waals surface area contributed by atoms with Crippen molar-refractivity contribution in [1.82, 2.24) is 0 Å². The first-order valence-electron chi connectivity index (χ1n) is 8.19. The summed E-state index contributed by atoms with van der Waals surface area (Å²) in [5.41, 5.74) is 2.23. The van der Waals surface area contributed by atoms with Crippen molar-refractivity contribution < 1.29 is 4.79 Å². The van der Waals surface area contributed by atoms with Gasteiger partial charge < -0.3 is 0 Å². The van der Waals surface area contributed by atoms with Gasteiger partial charge in [-0.05, 0) is 59.1 Å². The second-order valence-corrected chi connectivity index (χ2v) is 7.22. The molecule has 0 N–H and O–H groups in total. The summed E-state index contributed by atoms with van der Waals surface area (Å²) >= 11 is 3.74. The Morgan fingerprint density at radius 1 is 1.23 bits per heavy atom. The molecular weight excluding hydrogens is 336 g/mol. The molecule has 0 heterocycles. The summed E-state index contributed by atoms with van der Waals surface area (Å²) in [7, 11) is 0. The van der Waals surface area contributed by atoms with Gasteiger partial charge in [0.1, 0.15) is 0 Å². The fourth-order valence-corrected chi connectivity index (χ4v) is 4.71. The Balaban J connectivity index is 2.17. The molecule has 1 unspecified atom stereocenters. The van der Waals surface area contributed by atoms with Gasteiger partial charge in [0.2, 0.25) is 0 Å². The van der Waals surface area contributed by atoms with Crippen LogP contribution in [0, 0.1) is 0 Å². The second kappa shape index (κ2) is 5.34. The number of hydrogen-bond acceptors (Lipinski definition) is 1. The maximum Gasteiger partial charge on any atom is 0.163 e. The van der Waals surface area contributed by atoms with Crippen molar-refractivity contribution in [2.24, 2.45) is 0 Å². The Morgan fingerprint density at radius 2 is 2.05 bits per heavy atom. The van der Waals surface area contributed by atoms with Crippen LogP contribution in [0.5, 0.6) is 0 Å². The molecule has 0 fully saturated rings. The number of halogens is 1. The highest BCUT2D eigenvalue weighted by Gasteiger charge is 2.27. The molecule has 4 rings (SSSR count). The summed E-state index contributed by atoms with van der Waals surface area (Å²) in [5, 5.41) is 4.95. The van der Waals surface area contributed by atoms with Crippen LogP contribution >= 0.6 is 15.9 Å². The Kier molecular flexibility index (Phi) is 3.45. The van der Waals surface area contributed by atoms with Crippen molar-refractivity contribution in [3.05, 3.63) is 44.2 Å². The largest absolute Gasteiger partial charge is 0.294 e. The molecule has 2 aliphatic carbocycles. The minimum Gasteiger partial charge on any atom is -0.294 e. The van der Waals surface area contributed by atoms with E-state index in [0.717, 1.165) is 41.1 Å². The van der Waals surface area contributed by atoms with Crippen LogP contribution in [0.15, 0.2) is 22.7 Å². The monoisotopic (exact) mass is 354 g/mol. The molecular formula is C20H19BrO. The van der Waals surface area contributed by atoms with E-state index in [1.807, 2.05) is 0 Å². The highest BCUT2D eigenvalue weighted by molar-refractivity contribution is 9.10. The van der Waals surface area contributed by atoms with Crippen LogP contribution in [-0.2, 0) is 0 Å². The summed E-state index contributed by atoms with van der Waals surface area (Å²) in [5.74, 6) is 0.835. The predicted octanol–water partition coefficient (Wildman–Crippen LogP) is 4.43. The van der Waals surface area contributed by atoms with Gasteiger partial charge in [-0.3, -0.25) is 4.79 Å². The summed E-state index contributed by atoms with van der Waals surface area (Å²) in [6.45, 7) is 2.22. The summed E-state index contributed by atoms with van der Waals surface area (Å²) in [6, 6.07) is 6.63. The van der Waals surface area contributed by atoms with Crippen LogP contribution in [0.25, 0.3) is 22.9 Å².